The number of aromatic nitrogens is 2. The Morgan fingerprint density at radius 1 is 1.21 bits per heavy atom. The quantitative estimate of drug-likeness (QED) is 0.788. The number of hydrogen-bond acceptors (Lipinski definition) is 5. The van der Waals surface area contributed by atoms with E-state index < -0.39 is 11.9 Å². The summed E-state index contributed by atoms with van der Waals surface area (Å²) in [6.45, 7) is 4.02. The monoisotopic (exact) mass is 331 g/mol. The molecule has 1 aromatic carbocycles. The molecule has 0 fully saturated rings. The highest BCUT2D eigenvalue weighted by Gasteiger charge is 2.13. The molecular formula is C17H21N3O4. The second-order valence-electron chi connectivity index (χ2n) is 5.51. The summed E-state index contributed by atoms with van der Waals surface area (Å²) in [5, 5.41) is 6.79. The second kappa shape index (κ2) is 8.26. The molecule has 7 nitrogen and oxygen atoms in total. The number of nitrogens with zero attached hydrogens (tertiary/aromatic N) is 2. The normalized spacial score (nSPS) is 10.7. The molecule has 0 spiro atoms. The van der Waals surface area contributed by atoms with Gasteiger partial charge in [0.15, 0.2) is 6.61 Å². The number of methoxy groups -OCH3 is 1. The standard InChI is InChI=1S/C17H21N3O4/c1-12(2)20-15(8-9-18-20)19-16(21)11-24-17(22)14-6-4-13(5-7-14)10-23-3/h4-9,12H,10-11H2,1-3H3,(H,19,21). The predicted molar refractivity (Wildman–Crippen MR) is 88.7 cm³/mol. The number of anilines is 1. The van der Waals surface area contributed by atoms with Crippen LogP contribution in [-0.4, -0.2) is 35.4 Å². The van der Waals surface area contributed by atoms with Crippen LogP contribution in [0.3, 0.4) is 0 Å². The number of amides is 1. The first kappa shape index (κ1) is 17.7. The molecule has 0 unspecified atom stereocenters. The third-order valence-corrected chi connectivity index (χ3v) is 3.26. The lowest BCUT2D eigenvalue weighted by Crippen LogP contribution is -2.23. The summed E-state index contributed by atoms with van der Waals surface area (Å²) >= 11 is 0. The van der Waals surface area contributed by atoms with Crippen LogP contribution >= 0.6 is 0 Å². The molecule has 24 heavy (non-hydrogen) atoms. The fourth-order valence-corrected chi connectivity index (χ4v) is 2.12. The summed E-state index contributed by atoms with van der Waals surface area (Å²) in [6.07, 6.45) is 1.60. The third-order valence-electron chi connectivity index (χ3n) is 3.26. The number of carbonyl (C=O) groups excluding carboxylic acids is 2. The van der Waals surface area contributed by atoms with Gasteiger partial charge in [0.1, 0.15) is 5.82 Å². The molecule has 1 heterocycles. The Kier molecular flexibility index (Phi) is 6.08. The van der Waals surface area contributed by atoms with E-state index in [0.717, 1.165) is 5.56 Å². The topological polar surface area (TPSA) is 82.4 Å². The van der Waals surface area contributed by atoms with E-state index >= 15 is 0 Å². The van der Waals surface area contributed by atoms with Gasteiger partial charge in [0.05, 0.1) is 18.4 Å². The highest BCUT2D eigenvalue weighted by molar-refractivity contribution is 5.95. The van der Waals surface area contributed by atoms with Gasteiger partial charge in [0.2, 0.25) is 0 Å². The first-order valence-corrected chi connectivity index (χ1v) is 7.59. The van der Waals surface area contributed by atoms with Gasteiger partial charge in [0, 0.05) is 19.2 Å². The van der Waals surface area contributed by atoms with Crippen molar-refractivity contribution in [1.82, 2.24) is 9.78 Å². The molecule has 2 rings (SSSR count). The Labute approximate surface area is 140 Å². The molecule has 0 aliphatic carbocycles. The second-order valence-corrected chi connectivity index (χ2v) is 5.51. The maximum absolute atomic E-state index is 11.9. The van der Waals surface area contributed by atoms with Crippen LogP contribution in [0.15, 0.2) is 36.5 Å². The van der Waals surface area contributed by atoms with Crippen LogP contribution in [0.1, 0.15) is 35.8 Å². The van der Waals surface area contributed by atoms with E-state index in [-0.39, 0.29) is 12.6 Å². The highest BCUT2D eigenvalue weighted by Crippen LogP contribution is 2.13. The molecule has 0 atom stereocenters. The van der Waals surface area contributed by atoms with Crippen molar-refractivity contribution in [2.24, 2.45) is 0 Å². The Morgan fingerprint density at radius 2 is 1.92 bits per heavy atom. The SMILES string of the molecule is COCc1ccc(C(=O)OCC(=O)Nc2ccnn2C(C)C)cc1. The van der Waals surface area contributed by atoms with Crippen molar-refractivity contribution < 1.29 is 19.1 Å². The van der Waals surface area contributed by atoms with Crippen molar-refractivity contribution in [3.05, 3.63) is 47.7 Å². The van der Waals surface area contributed by atoms with Crippen LogP contribution in [0, 0.1) is 0 Å². The maximum atomic E-state index is 11.9. The smallest absolute Gasteiger partial charge is 0.338 e. The van der Waals surface area contributed by atoms with Crippen LogP contribution in [-0.2, 0) is 20.9 Å². The number of benzene rings is 1. The van der Waals surface area contributed by atoms with Gasteiger partial charge in [-0.2, -0.15) is 5.10 Å². The third kappa shape index (κ3) is 4.66. The van der Waals surface area contributed by atoms with Gasteiger partial charge in [-0.25, -0.2) is 9.48 Å². The summed E-state index contributed by atoms with van der Waals surface area (Å²) in [4.78, 5) is 23.9. The average molecular weight is 331 g/mol. The van der Waals surface area contributed by atoms with Crippen LogP contribution in [0.2, 0.25) is 0 Å². The van der Waals surface area contributed by atoms with Crippen LogP contribution in [0.25, 0.3) is 0 Å². The van der Waals surface area contributed by atoms with Gasteiger partial charge in [-0.1, -0.05) is 12.1 Å². The van der Waals surface area contributed by atoms with Crippen molar-refractivity contribution in [3.63, 3.8) is 0 Å². The molecule has 0 saturated carbocycles. The number of hydrogen-bond donors (Lipinski definition) is 1. The van der Waals surface area contributed by atoms with E-state index in [2.05, 4.69) is 10.4 Å². The lowest BCUT2D eigenvalue weighted by atomic mass is 10.1. The molecule has 1 aromatic heterocycles. The Balaban J connectivity index is 1.86. The number of nitrogens with one attached hydrogen (secondary N) is 1. The van der Waals surface area contributed by atoms with E-state index in [0.29, 0.717) is 18.0 Å². The number of esters is 1. The maximum Gasteiger partial charge on any atom is 0.338 e. The number of ether oxygens (including phenoxy) is 2. The minimum Gasteiger partial charge on any atom is -0.452 e. The molecule has 0 saturated heterocycles. The fourth-order valence-electron chi connectivity index (χ4n) is 2.12. The summed E-state index contributed by atoms with van der Waals surface area (Å²) in [5.74, 6) is -0.400. The molecule has 128 valence electrons. The summed E-state index contributed by atoms with van der Waals surface area (Å²) in [6, 6.07) is 8.64. The number of carbonyl (C=O) groups is 2. The predicted octanol–water partition coefficient (Wildman–Crippen LogP) is 2.41. The molecule has 1 N–H and O–H groups in total. The molecule has 7 heteroatoms. The molecule has 0 aliphatic heterocycles. The molecule has 2 aromatic rings. The first-order chi connectivity index (χ1) is 11.5. The zero-order chi connectivity index (χ0) is 17.5. The van der Waals surface area contributed by atoms with Crippen molar-refractivity contribution in [2.45, 2.75) is 26.5 Å². The summed E-state index contributed by atoms with van der Waals surface area (Å²) in [5.41, 5.74) is 1.34. The molecule has 0 bridgehead atoms. The molecule has 0 aliphatic rings. The Morgan fingerprint density at radius 3 is 2.54 bits per heavy atom. The van der Waals surface area contributed by atoms with Gasteiger partial charge >= 0.3 is 5.97 Å². The summed E-state index contributed by atoms with van der Waals surface area (Å²) in [7, 11) is 1.60. The first-order valence-electron chi connectivity index (χ1n) is 7.59. The molecule has 0 radical (unpaired) electrons. The zero-order valence-corrected chi connectivity index (χ0v) is 14.0. The lowest BCUT2D eigenvalue weighted by Gasteiger charge is -2.12. The lowest BCUT2D eigenvalue weighted by molar-refractivity contribution is -0.119. The minimum absolute atomic E-state index is 0.114. The van der Waals surface area contributed by atoms with Crippen molar-refractivity contribution in [2.75, 3.05) is 19.0 Å². The number of rotatable bonds is 7. The Bertz CT molecular complexity index is 692. The van der Waals surface area contributed by atoms with Crippen LogP contribution in [0.5, 0.6) is 0 Å². The highest BCUT2D eigenvalue weighted by atomic mass is 16.5. The van der Waals surface area contributed by atoms with Crippen molar-refractivity contribution >= 4 is 17.7 Å². The van der Waals surface area contributed by atoms with Crippen molar-refractivity contribution in [1.29, 1.82) is 0 Å². The van der Waals surface area contributed by atoms with Crippen LogP contribution in [0.4, 0.5) is 5.82 Å². The van der Waals surface area contributed by atoms with E-state index in [1.54, 1.807) is 48.3 Å². The van der Waals surface area contributed by atoms with E-state index in [1.807, 2.05) is 13.8 Å². The Hall–Kier alpha value is -2.67. The van der Waals surface area contributed by atoms with E-state index in [9.17, 15) is 9.59 Å². The van der Waals surface area contributed by atoms with Crippen molar-refractivity contribution in [3.8, 4) is 0 Å². The van der Waals surface area contributed by atoms with Gasteiger partial charge in [0.25, 0.3) is 5.91 Å². The van der Waals surface area contributed by atoms with Gasteiger partial charge in [-0.15, -0.1) is 0 Å². The minimum atomic E-state index is -0.550. The van der Waals surface area contributed by atoms with E-state index in [1.165, 1.54) is 0 Å². The van der Waals surface area contributed by atoms with E-state index in [4.69, 9.17) is 9.47 Å². The van der Waals surface area contributed by atoms with Gasteiger partial charge < -0.3 is 14.8 Å². The largest absolute Gasteiger partial charge is 0.452 e. The fraction of sp³-hybridized carbons (Fsp3) is 0.353. The van der Waals surface area contributed by atoms with Gasteiger partial charge in [-0.3, -0.25) is 4.79 Å². The zero-order valence-electron chi connectivity index (χ0n) is 14.0. The van der Waals surface area contributed by atoms with Gasteiger partial charge in [-0.05, 0) is 31.5 Å². The average Bonchev–Trinajstić information content (AvgIpc) is 3.02. The van der Waals surface area contributed by atoms with Crippen LogP contribution < -0.4 is 5.32 Å². The molecular weight excluding hydrogens is 310 g/mol. The molecule has 1 amide bonds. The summed E-state index contributed by atoms with van der Waals surface area (Å²) < 4.78 is 11.7.